The van der Waals surface area contributed by atoms with E-state index in [4.69, 9.17) is 4.74 Å². The normalized spacial score (nSPS) is 50.3. The van der Waals surface area contributed by atoms with Crippen molar-refractivity contribution in [3.8, 4) is 0 Å². The fourth-order valence-corrected chi connectivity index (χ4v) is 7.17. The molecule has 0 heterocycles. The number of aliphatic hydroxyl groups is 1. The van der Waals surface area contributed by atoms with Crippen LogP contribution in [-0.2, 0) is 9.53 Å². The number of carbonyl (C=O) groups excluding carboxylic acids is 1. The number of fused-ring (bicyclic) bond motifs is 5. The zero-order valence-corrected chi connectivity index (χ0v) is 15.4. The Hall–Kier alpha value is -0.830. The van der Waals surface area contributed by atoms with Crippen molar-refractivity contribution in [1.82, 2.24) is 0 Å². The lowest BCUT2D eigenvalue weighted by Crippen LogP contribution is -2.51. The fraction of sp³-hybridized carbons (Fsp3) is 0.857. The number of allylic oxidation sites excluding steroid dienone is 1. The molecule has 0 saturated heterocycles. The molecule has 1 N–H and O–H groups in total. The van der Waals surface area contributed by atoms with E-state index in [0.29, 0.717) is 11.8 Å². The summed E-state index contributed by atoms with van der Waals surface area (Å²) in [5.41, 5.74) is 1.94. The summed E-state index contributed by atoms with van der Waals surface area (Å²) >= 11 is 0. The van der Waals surface area contributed by atoms with E-state index in [1.165, 1.54) is 25.5 Å². The minimum Gasteiger partial charge on any atom is -0.469 e. The summed E-state index contributed by atoms with van der Waals surface area (Å²) in [4.78, 5) is 12.3. The Morgan fingerprint density at radius 2 is 1.96 bits per heavy atom. The summed E-state index contributed by atoms with van der Waals surface area (Å²) in [5, 5.41) is 10.1. The molecule has 0 spiro atoms. The highest BCUT2D eigenvalue weighted by Crippen LogP contribution is 2.66. The van der Waals surface area contributed by atoms with E-state index in [1.54, 1.807) is 0 Å². The lowest BCUT2D eigenvalue weighted by atomic mass is 9.47. The van der Waals surface area contributed by atoms with Gasteiger partial charge in [0, 0.05) is 0 Å². The third-order valence-electron chi connectivity index (χ3n) is 8.56. The molecule has 0 aliphatic heterocycles. The highest BCUT2D eigenvalue weighted by Gasteiger charge is 2.60. The van der Waals surface area contributed by atoms with Crippen molar-refractivity contribution in [1.29, 1.82) is 0 Å². The van der Waals surface area contributed by atoms with Gasteiger partial charge in [0.15, 0.2) is 0 Å². The van der Waals surface area contributed by atoms with Crippen LogP contribution in [0.15, 0.2) is 11.6 Å². The summed E-state index contributed by atoms with van der Waals surface area (Å²) in [6.07, 6.45) is 11.0. The first-order valence-corrected chi connectivity index (χ1v) is 9.85. The molecule has 0 aromatic heterocycles. The fourth-order valence-electron chi connectivity index (χ4n) is 7.17. The summed E-state index contributed by atoms with van der Waals surface area (Å²) in [6, 6.07) is 0. The number of hydrogen-bond acceptors (Lipinski definition) is 3. The van der Waals surface area contributed by atoms with Crippen molar-refractivity contribution in [2.75, 3.05) is 7.11 Å². The van der Waals surface area contributed by atoms with Gasteiger partial charge in [-0.25, -0.2) is 0 Å². The van der Waals surface area contributed by atoms with Crippen molar-refractivity contribution >= 4 is 5.97 Å². The van der Waals surface area contributed by atoms with E-state index >= 15 is 0 Å². The van der Waals surface area contributed by atoms with Crippen LogP contribution in [0.25, 0.3) is 0 Å². The number of aliphatic hydroxyl groups excluding tert-OH is 1. The number of ether oxygens (including phenoxy) is 1. The van der Waals surface area contributed by atoms with E-state index in [9.17, 15) is 9.90 Å². The highest BCUT2D eigenvalue weighted by molar-refractivity contribution is 5.73. The standard InChI is InChI=1S/C21H32O3/c1-20-10-8-14(22)12-13(20)4-5-15-16-6-7-18(19(23)24-3)21(16,2)11-9-17(15)20/h4,14-18,22H,5-12H2,1-3H3/t14-,15+,16-,17+,18-,20+,21+/m1/s1. The third-order valence-corrected chi connectivity index (χ3v) is 8.56. The van der Waals surface area contributed by atoms with Gasteiger partial charge in [-0.15, -0.1) is 0 Å². The SMILES string of the molecule is COC(=O)[C@H]1CC[C@@H]2[C@@H]3CC=C4C[C@H](O)CC[C@]4(C)[C@H]3CC[C@]12C. The molecular formula is C21H32O3. The maximum Gasteiger partial charge on any atom is 0.309 e. The van der Waals surface area contributed by atoms with E-state index in [0.717, 1.165) is 44.4 Å². The molecule has 0 amide bonds. The summed E-state index contributed by atoms with van der Waals surface area (Å²) in [6.45, 7) is 4.81. The topological polar surface area (TPSA) is 46.5 Å². The molecule has 7 atom stereocenters. The van der Waals surface area contributed by atoms with Gasteiger partial charge in [-0.05, 0) is 80.0 Å². The van der Waals surface area contributed by atoms with Crippen molar-refractivity contribution in [2.24, 2.45) is 34.5 Å². The van der Waals surface area contributed by atoms with Crippen LogP contribution in [-0.4, -0.2) is 24.3 Å². The molecule has 0 aromatic carbocycles. The van der Waals surface area contributed by atoms with Crippen LogP contribution in [0.1, 0.15) is 65.2 Å². The summed E-state index contributed by atoms with van der Waals surface area (Å²) in [5.74, 6) is 2.21. The minimum absolute atomic E-state index is 0.0116. The van der Waals surface area contributed by atoms with Crippen molar-refractivity contribution in [3.05, 3.63) is 11.6 Å². The van der Waals surface area contributed by atoms with Gasteiger partial charge >= 0.3 is 5.97 Å². The molecule has 4 aliphatic rings. The molecule has 3 nitrogen and oxygen atoms in total. The first-order valence-electron chi connectivity index (χ1n) is 9.85. The van der Waals surface area contributed by atoms with Crippen molar-refractivity contribution in [2.45, 2.75) is 71.3 Å². The van der Waals surface area contributed by atoms with E-state index in [2.05, 4.69) is 19.9 Å². The molecule has 0 aromatic rings. The smallest absolute Gasteiger partial charge is 0.309 e. The predicted molar refractivity (Wildman–Crippen MR) is 93.2 cm³/mol. The molecule has 24 heavy (non-hydrogen) atoms. The molecular weight excluding hydrogens is 300 g/mol. The Balaban J connectivity index is 1.64. The quantitative estimate of drug-likeness (QED) is 0.581. The molecule has 3 fully saturated rings. The Kier molecular flexibility index (Phi) is 3.87. The maximum absolute atomic E-state index is 12.3. The van der Waals surface area contributed by atoms with E-state index in [-0.39, 0.29) is 28.8 Å². The van der Waals surface area contributed by atoms with Crippen LogP contribution in [0.2, 0.25) is 0 Å². The lowest BCUT2D eigenvalue weighted by molar-refractivity contribution is -0.152. The summed E-state index contributed by atoms with van der Waals surface area (Å²) < 4.78 is 5.12. The molecule has 3 heteroatoms. The molecule has 4 rings (SSSR count). The van der Waals surface area contributed by atoms with Gasteiger partial charge in [0.25, 0.3) is 0 Å². The van der Waals surface area contributed by atoms with Gasteiger partial charge in [0.05, 0.1) is 19.1 Å². The Morgan fingerprint density at radius 3 is 2.71 bits per heavy atom. The van der Waals surface area contributed by atoms with Crippen LogP contribution in [0.3, 0.4) is 0 Å². The molecule has 3 saturated carbocycles. The number of carbonyl (C=O) groups is 1. The molecule has 0 radical (unpaired) electrons. The van der Waals surface area contributed by atoms with Crippen molar-refractivity contribution in [3.63, 3.8) is 0 Å². The lowest BCUT2D eigenvalue weighted by Gasteiger charge is -2.57. The van der Waals surface area contributed by atoms with Gasteiger partial charge in [0.1, 0.15) is 0 Å². The van der Waals surface area contributed by atoms with Gasteiger partial charge in [0.2, 0.25) is 0 Å². The highest BCUT2D eigenvalue weighted by atomic mass is 16.5. The van der Waals surface area contributed by atoms with Gasteiger partial charge in [-0.2, -0.15) is 0 Å². The predicted octanol–water partition coefficient (Wildman–Crippen LogP) is 4.10. The Morgan fingerprint density at radius 1 is 1.17 bits per heavy atom. The van der Waals surface area contributed by atoms with Crippen molar-refractivity contribution < 1.29 is 14.6 Å². The average molecular weight is 332 g/mol. The molecule has 4 aliphatic carbocycles. The molecule has 0 bridgehead atoms. The second kappa shape index (κ2) is 5.59. The monoisotopic (exact) mass is 332 g/mol. The first-order chi connectivity index (χ1) is 11.4. The van der Waals surface area contributed by atoms with Crippen LogP contribution in [0.5, 0.6) is 0 Å². The zero-order valence-electron chi connectivity index (χ0n) is 15.4. The Labute approximate surface area is 145 Å². The Bertz CT molecular complexity index is 567. The van der Waals surface area contributed by atoms with Crippen LogP contribution in [0, 0.1) is 34.5 Å². The molecule has 0 unspecified atom stereocenters. The maximum atomic E-state index is 12.3. The van der Waals surface area contributed by atoms with Gasteiger partial charge < -0.3 is 9.84 Å². The first kappa shape index (κ1) is 16.6. The second-order valence-corrected chi connectivity index (χ2v) is 9.35. The van der Waals surface area contributed by atoms with Gasteiger partial charge in [-0.1, -0.05) is 25.5 Å². The largest absolute Gasteiger partial charge is 0.469 e. The third kappa shape index (κ3) is 2.16. The van der Waals surface area contributed by atoms with Gasteiger partial charge in [-0.3, -0.25) is 4.79 Å². The zero-order chi connectivity index (χ0) is 17.1. The number of methoxy groups -OCH3 is 1. The van der Waals surface area contributed by atoms with Crippen LogP contribution < -0.4 is 0 Å². The van der Waals surface area contributed by atoms with Crippen LogP contribution in [0.4, 0.5) is 0 Å². The average Bonchev–Trinajstić information content (AvgIpc) is 2.92. The number of rotatable bonds is 1. The molecule has 134 valence electrons. The van der Waals surface area contributed by atoms with E-state index in [1.807, 2.05) is 0 Å². The number of esters is 1. The summed E-state index contributed by atoms with van der Waals surface area (Å²) in [7, 11) is 1.54. The van der Waals surface area contributed by atoms with E-state index < -0.39 is 0 Å². The minimum atomic E-state index is -0.134. The number of hydrogen-bond donors (Lipinski definition) is 1. The second-order valence-electron chi connectivity index (χ2n) is 9.35. The van der Waals surface area contributed by atoms with Crippen LogP contribution >= 0.6 is 0 Å².